The van der Waals surface area contributed by atoms with Crippen molar-refractivity contribution < 1.29 is 24.7 Å². The highest BCUT2D eigenvalue weighted by Crippen LogP contribution is 2.29. The summed E-state index contributed by atoms with van der Waals surface area (Å²) in [5, 5.41) is 33.5. The molecule has 0 bridgehead atoms. The largest absolute Gasteiger partial charge is 0.508 e. The van der Waals surface area contributed by atoms with Crippen molar-refractivity contribution in [3.8, 4) is 17.2 Å². The van der Waals surface area contributed by atoms with Gasteiger partial charge in [0.1, 0.15) is 17.2 Å². The minimum atomic E-state index is -0.567. The number of rotatable bonds is 6. The van der Waals surface area contributed by atoms with Crippen molar-refractivity contribution >= 4 is 33.7 Å². The van der Waals surface area contributed by atoms with Gasteiger partial charge in [-0.1, -0.05) is 0 Å². The van der Waals surface area contributed by atoms with Crippen molar-refractivity contribution in [3.05, 3.63) is 56.0 Å². The van der Waals surface area contributed by atoms with E-state index in [1.54, 1.807) is 6.92 Å². The molecule has 0 saturated heterocycles. The van der Waals surface area contributed by atoms with Gasteiger partial charge in [-0.15, -0.1) is 0 Å². The average molecular weight is 424 g/mol. The molecule has 0 unspecified atom stereocenters. The van der Waals surface area contributed by atoms with Crippen LogP contribution in [0, 0.1) is 17.0 Å². The van der Waals surface area contributed by atoms with Gasteiger partial charge in [0.05, 0.1) is 15.6 Å². The number of aromatic hydroxyl groups is 2. The maximum Gasteiger partial charge on any atom is 0.277 e. The van der Waals surface area contributed by atoms with E-state index >= 15 is 0 Å². The number of hydrogen-bond acceptors (Lipinski definition) is 7. The summed E-state index contributed by atoms with van der Waals surface area (Å²) in [7, 11) is 0. The van der Waals surface area contributed by atoms with E-state index < -0.39 is 10.8 Å². The van der Waals surface area contributed by atoms with E-state index in [0.717, 1.165) is 6.07 Å². The molecule has 0 aliphatic carbocycles. The van der Waals surface area contributed by atoms with Crippen molar-refractivity contribution in [3.63, 3.8) is 0 Å². The molecule has 0 aliphatic heterocycles. The van der Waals surface area contributed by atoms with Crippen LogP contribution in [0.2, 0.25) is 0 Å². The molecule has 0 heterocycles. The lowest BCUT2D eigenvalue weighted by Crippen LogP contribution is -2.24. The first-order valence-electron chi connectivity index (χ1n) is 7.19. The van der Waals surface area contributed by atoms with Crippen LogP contribution < -0.4 is 10.2 Å². The number of phenols is 2. The van der Waals surface area contributed by atoms with Crippen LogP contribution in [0.15, 0.2) is 39.9 Å². The summed E-state index contributed by atoms with van der Waals surface area (Å²) in [5.41, 5.74) is 3.04. The summed E-state index contributed by atoms with van der Waals surface area (Å²) < 4.78 is 5.60. The molecule has 10 heteroatoms. The van der Waals surface area contributed by atoms with Crippen LogP contribution >= 0.6 is 15.9 Å². The first-order valence-corrected chi connectivity index (χ1v) is 7.98. The number of benzene rings is 2. The number of nitro groups is 1. The molecular weight excluding hydrogens is 410 g/mol. The third-order valence-corrected chi connectivity index (χ3v) is 3.84. The lowest BCUT2D eigenvalue weighted by atomic mass is 10.1. The van der Waals surface area contributed by atoms with Crippen molar-refractivity contribution in [1.29, 1.82) is 0 Å². The molecular formula is C16H14BrN3O6. The predicted molar refractivity (Wildman–Crippen MR) is 96.5 cm³/mol. The van der Waals surface area contributed by atoms with E-state index in [4.69, 9.17) is 4.74 Å². The van der Waals surface area contributed by atoms with Crippen LogP contribution in [0.1, 0.15) is 11.1 Å². The van der Waals surface area contributed by atoms with Gasteiger partial charge < -0.3 is 14.9 Å². The Hall–Kier alpha value is -3.14. The molecule has 2 aromatic rings. The number of aryl methyl sites for hydroxylation is 1. The molecule has 3 N–H and O–H groups in total. The van der Waals surface area contributed by atoms with Crippen LogP contribution in [-0.2, 0) is 4.79 Å². The van der Waals surface area contributed by atoms with Gasteiger partial charge in [0.25, 0.3) is 11.6 Å². The van der Waals surface area contributed by atoms with Crippen LogP contribution in [0.25, 0.3) is 0 Å². The normalized spacial score (nSPS) is 10.7. The Morgan fingerprint density at radius 2 is 2.12 bits per heavy atom. The number of nitrogens with zero attached hydrogens (tertiary/aromatic N) is 2. The smallest absolute Gasteiger partial charge is 0.277 e. The molecule has 0 saturated carbocycles. The van der Waals surface area contributed by atoms with E-state index in [-0.39, 0.29) is 29.5 Å². The summed E-state index contributed by atoms with van der Waals surface area (Å²) >= 11 is 3.13. The Labute approximate surface area is 156 Å². The Morgan fingerprint density at radius 1 is 1.38 bits per heavy atom. The standard InChI is InChI=1S/C16H14BrN3O6/c1-9-4-11(21)6-14(22)12(9)7-18-19-16(23)8-26-15-3-2-10(20(24)25)5-13(15)17/h2-7,21-22H,8H2,1H3,(H,19,23)/b18-7+. The molecule has 2 aromatic carbocycles. The van der Waals surface area contributed by atoms with E-state index in [1.165, 1.54) is 30.5 Å². The van der Waals surface area contributed by atoms with Crippen LogP contribution in [-0.4, -0.2) is 33.9 Å². The molecule has 2 rings (SSSR count). The number of carbonyl (C=O) groups excluding carboxylic acids is 1. The zero-order chi connectivity index (χ0) is 19.3. The number of hydrogen-bond donors (Lipinski definition) is 3. The Bertz CT molecular complexity index is 861. The van der Waals surface area contributed by atoms with E-state index in [9.17, 15) is 25.1 Å². The number of ether oxygens (including phenoxy) is 1. The van der Waals surface area contributed by atoms with Crippen molar-refractivity contribution in [2.75, 3.05) is 6.61 Å². The maximum atomic E-state index is 11.7. The van der Waals surface area contributed by atoms with Gasteiger partial charge >= 0.3 is 0 Å². The maximum absolute atomic E-state index is 11.7. The highest BCUT2D eigenvalue weighted by Gasteiger charge is 2.11. The monoisotopic (exact) mass is 423 g/mol. The highest BCUT2D eigenvalue weighted by molar-refractivity contribution is 9.10. The number of non-ortho nitro benzene ring substituents is 1. The summed E-state index contributed by atoms with van der Waals surface area (Å²) in [6, 6.07) is 6.49. The van der Waals surface area contributed by atoms with E-state index in [2.05, 4.69) is 26.5 Å². The fraction of sp³-hybridized carbons (Fsp3) is 0.125. The number of halogens is 1. The third-order valence-electron chi connectivity index (χ3n) is 3.22. The zero-order valence-electron chi connectivity index (χ0n) is 13.5. The molecule has 9 nitrogen and oxygen atoms in total. The van der Waals surface area contributed by atoms with Gasteiger partial charge in [0.2, 0.25) is 0 Å². The summed E-state index contributed by atoms with van der Waals surface area (Å²) in [6.45, 7) is 1.30. The average Bonchev–Trinajstić information content (AvgIpc) is 2.55. The molecule has 0 spiro atoms. The minimum Gasteiger partial charge on any atom is -0.508 e. The Kier molecular flexibility index (Phi) is 6.12. The number of carbonyl (C=O) groups is 1. The second-order valence-electron chi connectivity index (χ2n) is 5.15. The summed E-state index contributed by atoms with van der Waals surface area (Å²) in [4.78, 5) is 21.9. The summed E-state index contributed by atoms with van der Waals surface area (Å²) in [5.74, 6) is -0.556. The van der Waals surface area contributed by atoms with Gasteiger partial charge in [-0.25, -0.2) is 5.43 Å². The minimum absolute atomic E-state index is 0.0803. The highest BCUT2D eigenvalue weighted by atomic mass is 79.9. The topological polar surface area (TPSA) is 134 Å². The number of hydrazone groups is 1. The molecule has 136 valence electrons. The first kappa shape index (κ1) is 19.2. The van der Waals surface area contributed by atoms with Crippen molar-refractivity contribution in [2.45, 2.75) is 6.92 Å². The fourth-order valence-electron chi connectivity index (χ4n) is 1.99. The second-order valence-corrected chi connectivity index (χ2v) is 6.00. The lowest BCUT2D eigenvalue weighted by molar-refractivity contribution is -0.384. The molecule has 0 atom stereocenters. The van der Waals surface area contributed by atoms with E-state index in [0.29, 0.717) is 15.6 Å². The number of amides is 1. The first-order chi connectivity index (χ1) is 12.3. The Morgan fingerprint density at radius 3 is 2.73 bits per heavy atom. The SMILES string of the molecule is Cc1cc(O)cc(O)c1/C=N/NC(=O)COc1ccc([N+](=O)[O-])cc1Br. The molecule has 0 aliphatic rings. The van der Waals surface area contributed by atoms with Crippen LogP contribution in [0.4, 0.5) is 5.69 Å². The van der Waals surface area contributed by atoms with Gasteiger partial charge in [0, 0.05) is 23.8 Å². The molecule has 0 aromatic heterocycles. The molecule has 26 heavy (non-hydrogen) atoms. The van der Waals surface area contributed by atoms with Gasteiger partial charge in [0.15, 0.2) is 6.61 Å². The number of phenolic OH excluding ortho intramolecular Hbond substituents is 2. The van der Waals surface area contributed by atoms with E-state index in [1.807, 2.05) is 0 Å². The Balaban J connectivity index is 1.93. The third kappa shape index (κ3) is 4.93. The number of nitro benzene ring substituents is 1. The quantitative estimate of drug-likeness (QED) is 0.371. The summed E-state index contributed by atoms with van der Waals surface area (Å²) in [6.07, 6.45) is 1.24. The zero-order valence-corrected chi connectivity index (χ0v) is 15.1. The lowest BCUT2D eigenvalue weighted by Gasteiger charge is -2.07. The van der Waals surface area contributed by atoms with Gasteiger partial charge in [-0.2, -0.15) is 5.10 Å². The number of nitrogens with one attached hydrogen (secondary N) is 1. The fourth-order valence-corrected chi connectivity index (χ4v) is 2.47. The van der Waals surface area contributed by atoms with Crippen LogP contribution in [0.3, 0.4) is 0 Å². The second kappa shape index (κ2) is 8.30. The van der Waals surface area contributed by atoms with Crippen LogP contribution in [0.5, 0.6) is 17.2 Å². The van der Waals surface area contributed by atoms with Gasteiger partial charge in [-0.05, 0) is 40.5 Å². The van der Waals surface area contributed by atoms with Crippen molar-refractivity contribution in [1.82, 2.24) is 5.43 Å². The molecule has 0 radical (unpaired) electrons. The molecule has 0 fully saturated rings. The van der Waals surface area contributed by atoms with Gasteiger partial charge in [-0.3, -0.25) is 14.9 Å². The molecule has 1 amide bonds. The van der Waals surface area contributed by atoms with Crippen molar-refractivity contribution in [2.24, 2.45) is 5.10 Å². The predicted octanol–water partition coefficient (Wildman–Crippen LogP) is 2.61.